The Hall–Kier alpha value is -3.39. The fraction of sp³-hybridized carbons (Fsp3) is 0.333. The van der Waals surface area contributed by atoms with Gasteiger partial charge in [-0.2, -0.15) is 5.10 Å². The SMILES string of the molecule is COc1ccc(OC)c(C2CCCN2CC(=O)Nc2cc(C)nn2-c2ccc(F)cc2)c1. The van der Waals surface area contributed by atoms with Gasteiger partial charge in [-0.3, -0.25) is 9.69 Å². The first kappa shape index (κ1) is 21.8. The molecule has 7 nitrogen and oxygen atoms in total. The van der Waals surface area contributed by atoms with Crippen molar-refractivity contribution in [1.29, 1.82) is 0 Å². The number of aryl methyl sites for hydroxylation is 1. The molecule has 4 rings (SSSR count). The summed E-state index contributed by atoms with van der Waals surface area (Å²) in [5, 5.41) is 7.40. The van der Waals surface area contributed by atoms with Crippen molar-refractivity contribution in [1.82, 2.24) is 14.7 Å². The number of likely N-dealkylation sites (tertiary alicyclic amines) is 1. The van der Waals surface area contributed by atoms with E-state index in [-0.39, 0.29) is 24.3 Å². The molecule has 1 aromatic heterocycles. The van der Waals surface area contributed by atoms with Crippen LogP contribution in [0.4, 0.5) is 10.2 Å². The number of carbonyl (C=O) groups excluding carboxylic acids is 1. The zero-order chi connectivity index (χ0) is 22.7. The van der Waals surface area contributed by atoms with Crippen molar-refractivity contribution in [3.63, 3.8) is 0 Å². The second-order valence-electron chi connectivity index (χ2n) is 7.84. The second-order valence-corrected chi connectivity index (χ2v) is 7.84. The minimum absolute atomic E-state index is 0.0644. The van der Waals surface area contributed by atoms with Gasteiger partial charge in [-0.15, -0.1) is 0 Å². The number of rotatable bonds is 7. The minimum Gasteiger partial charge on any atom is -0.497 e. The Morgan fingerprint density at radius 1 is 1.16 bits per heavy atom. The quantitative estimate of drug-likeness (QED) is 0.601. The predicted molar refractivity (Wildman–Crippen MR) is 120 cm³/mol. The summed E-state index contributed by atoms with van der Waals surface area (Å²) < 4.78 is 25.9. The first-order valence-corrected chi connectivity index (χ1v) is 10.6. The van der Waals surface area contributed by atoms with Crippen LogP contribution in [0.5, 0.6) is 11.5 Å². The molecule has 1 fully saturated rings. The Balaban J connectivity index is 1.51. The van der Waals surface area contributed by atoms with Crippen LogP contribution in [0.3, 0.4) is 0 Å². The van der Waals surface area contributed by atoms with Crippen LogP contribution >= 0.6 is 0 Å². The highest BCUT2D eigenvalue weighted by atomic mass is 19.1. The molecule has 3 aromatic rings. The third-order valence-corrected chi connectivity index (χ3v) is 5.68. The smallest absolute Gasteiger partial charge is 0.239 e. The Labute approximate surface area is 186 Å². The molecule has 1 N–H and O–H groups in total. The van der Waals surface area contributed by atoms with Gasteiger partial charge in [-0.05, 0) is 68.8 Å². The van der Waals surface area contributed by atoms with E-state index in [1.807, 2.05) is 25.1 Å². The maximum Gasteiger partial charge on any atom is 0.239 e. The Kier molecular flexibility index (Phi) is 6.41. The summed E-state index contributed by atoms with van der Waals surface area (Å²) in [7, 11) is 3.29. The molecule has 1 unspecified atom stereocenters. The lowest BCUT2D eigenvalue weighted by Crippen LogP contribution is -2.33. The summed E-state index contributed by atoms with van der Waals surface area (Å²) in [5.74, 6) is 1.64. The molecule has 2 heterocycles. The van der Waals surface area contributed by atoms with Crippen LogP contribution in [-0.4, -0.2) is 47.9 Å². The van der Waals surface area contributed by atoms with E-state index in [1.54, 1.807) is 37.1 Å². The normalized spacial score (nSPS) is 16.2. The van der Waals surface area contributed by atoms with Gasteiger partial charge >= 0.3 is 0 Å². The van der Waals surface area contributed by atoms with Crippen LogP contribution in [-0.2, 0) is 4.79 Å². The highest BCUT2D eigenvalue weighted by Crippen LogP contribution is 2.38. The van der Waals surface area contributed by atoms with Gasteiger partial charge in [0.15, 0.2) is 0 Å². The van der Waals surface area contributed by atoms with Gasteiger partial charge in [0.25, 0.3) is 0 Å². The molecule has 0 spiro atoms. The number of ether oxygens (including phenoxy) is 2. The van der Waals surface area contributed by atoms with E-state index < -0.39 is 0 Å². The fourth-order valence-electron chi connectivity index (χ4n) is 4.20. The lowest BCUT2D eigenvalue weighted by Gasteiger charge is -2.26. The minimum atomic E-state index is -0.323. The number of nitrogens with zero attached hydrogens (tertiary/aromatic N) is 3. The van der Waals surface area contributed by atoms with Crippen molar-refractivity contribution in [3.8, 4) is 17.2 Å². The Bertz CT molecular complexity index is 1100. The number of amides is 1. The van der Waals surface area contributed by atoms with Crippen molar-refractivity contribution < 1.29 is 18.7 Å². The van der Waals surface area contributed by atoms with Gasteiger partial charge in [-0.25, -0.2) is 9.07 Å². The molecule has 2 aromatic carbocycles. The van der Waals surface area contributed by atoms with Crippen molar-refractivity contribution >= 4 is 11.7 Å². The number of methoxy groups -OCH3 is 2. The van der Waals surface area contributed by atoms with E-state index >= 15 is 0 Å². The predicted octanol–water partition coefficient (Wildman–Crippen LogP) is 4.11. The lowest BCUT2D eigenvalue weighted by atomic mass is 10.0. The monoisotopic (exact) mass is 438 g/mol. The summed E-state index contributed by atoms with van der Waals surface area (Å²) in [5.41, 5.74) is 2.45. The van der Waals surface area contributed by atoms with E-state index in [1.165, 1.54) is 12.1 Å². The van der Waals surface area contributed by atoms with E-state index in [0.29, 0.717) is 11.5 Å². The van der Waals surface area contributed by atoms with Crippen LogP contribution in [0.15, 0.2) is 48.5 Å². The summed E-state index contributed by atoms with van der Waals surface area (Å²) in [6.07, 6.45) is 1.92. The van der Waals surface area contributed by atoms with Crippen LogP contribution < -0.4 is 14.8 Å². The molecule has 1 atom stereocenters. The zero-order valence-corrected chi connectivity index (χ0v) is 18.5. The second kappa shape index (κ2) is 9.40. The maximum absolute atomic E-state index is 13.3. The van der Waals surface area contributed by atoms with Crippen molar-refractivity contribution in [2.45, 2.75) is 25.8 Å². The van der Waals surface area contributed by atoms with Crippen molar-refractivity contribution in [2.75, 3.05) is 32.6 Å². The van der Waals surface area contributed by atoms with Crippen LogP contribution in [0.25, 0.3) is 5.69 Å². The van der Waals surface area contributed by atoms with E-state index in [2.05, 4.69) is 15.3 Å². The number of anilines is 1. The summed E-state index contributed by atoms with van der Waals surface area (Å²) >= 11 is 0. The molecule has 0 aliphatic carbocycles. The molecule has 0 bridgehead atoms. The molecule has 1 aliphatic heterocycles. The number of hydrogen-bond acceptors (Lipinski definition) is 5. The lowest BCUT2D eigenvalue weighted by molar-refractivity contribution is -0.117. The highest BCUT2D eigenvalue weighted by Gasteiger charge is 2.30. The average molecular weight is 439 g/mol. The van der Waals surface area contributed by atoms with Crippen LogP contribution in [0, 0.1) is 12.7 Å². The van der Waals surface area contributed by atoms with E-state index in [0.717, 1.165) is 42.1 Å². The maximum atomic E-state index is 13.3. The third-order valence-electron chi connectivity index (χ3n) is 5.68. The molecule has 1 amide bonds. The van der Waals surface area contributed by atoms with Crippen LogP contribution in [0.2, 0.25) is 0 Å². The fourth-order valence-corrected chi connectivity index (χ4v) is 4.20. The number of halogens is 1. The molecular formula is C24H27FN4O3. The number of hydrogen-bond donors (Lipinski definition) is 1. The summed E-state index contributed by atoms with van der Waals surface area (Å²) in [4.78, 5) is 15.1. The topological polar surface area (TPSA) is 68.6 Å². The molecule has 0 radical (unpaired) electrons. The molecule has 32 heavy (non-hydrogen) atoms. The molecule has 1 aliphatic rings. The first-order chi connectivity index (χ1) is 15.5. The zero-order valence-electron chi connectivity index (χ0n) is 18.5. The standard InChI is InChI=1S/C24H27FN4O3/c1-16-13-23(29(27-16)18-8-6-17(25)7-9-18)26-24(30)15-28-12-4-5-21(28)20-14-19(31-2)10-11-22(20)32-3/h6-11,13-14,21H,4-5,12,15H2,1-3H3,(H,26,30). The number of benzene rings is 2. The molecular weight excluding hydrogens is 411 g/mol. The van der Waals surface area contributed by atoms with E-state index in [9.17, 15) is 9.18 Å². The number of carbonyl (C=O) groups is 1. The van der Waals surface area contributed by atoms with Gasteiger partial charge < -0.3 is 14.8 Å². The largest absolute Gasteiger partial charge is 0.497 e. The molecule has 8 heteroatoms. The summed E-state index contributed by atoms with van der Waals surface area (Å²) in [6.45, 7) is 2.90. The first-order valence-electron chi connectivity index (χ1n) is 10.6. The molecule has 0 saturated carbocycles. The Morgan fingerprint density at radius 3 is 2.66 bits per heavy atom. The third kappa shape index (κ3) is 4.60. The van der Waals surface area contributed by atoms with Gasteiger partial charge in [0, 0.05) is 17.7 Å². The van der Waals surface area contributed by atoms with Gasteiger partial charge in [0.2, 0.25) is 5.91 Å². The van der Waals surface area contributed by atoms with Crippen molar-refractivity contribution in [2.24, 2.45) is 0 Å². The molecule has 1 saturated heterocycles. The van der Waals surface area contributed by atoms with Gasteiger partial charge in [-0.1, -0.05) is 0 Å². The Morgan fingerprint density at radius 2 is 1.94 bits per heavy atom. The van der Waals surface area contributed by atoms with Gasteiger partial charge in [0.05, 0.1) is 32.1 Å². The van der Waals surface area contributed by atoms with Crippen LogP contribution in [0.1, 0.15) is 30.1 Å². The van der Waals surface area contributed by atoms with Crippen molar-refractivity contribution in [3.05, 3.63) is 65.6 Å². The average Bonchev–Trinajstić information content (AvgIpc) is 3.39. The number of nitrogens with one attached hydrogen (secondary N) is 1. The number of aromatic nitrogens is 2. The van der Waals surface area contributed by atoms with Gasteiger partial charge in [0.1, 0.15) is 23.1 Å². The summed E-state index contributed by atoms with van der Waals surface area (Å²) in [6, 6.07) is 13.6. The highest BCUT2D eigenvalue weighted by molar-refractivity contribution is 5.91. The molecule has 168 valence electrons. The van der Waals surface area contributed by atoms with E-state index in [4.69, 9.17) is 9.47 Å².